The fourth-order valence-electron chi connectivity index (χ4n) is 0.804. The molecular formula is C7H10N4O2S. The predicted octanol–water partition coefficient (Wildman–Crippen LogP) is -0.00982. The molecule has 1 aromatic heterocycles. The lowest BCUT2D eigenvalue weighted by Gasteiger charge is -2.16. The number of nitriles is 1. The van der Waals surface area contributed by atoms with Gasteiger partial charge in [0.15, 0.2) is 0 Å². The van der Waals surface area contributed by atoms with Crippen LogP contribution in [-0.4, -0.2) is 24.2 Å². The van der Waals surface area contributed by atoms with E-state index in [1.165, 1.54) is 26.2 Å². The fourth-order valence-corrected chi connectivity index (χ4v) is 2.04. The molecule has 0 aliphatic heterocycles. The lowest BCUT2D eigenvalue weighted by Crippen LogP contribution is -2.41. The van der Waals surface area contributed by atoms with Gasteiger partial charge in [0.05, 0.1) is 12.3 Å². The van der Waals surface area contributed by atoms with Crippen molar-refractivity contribution in [3.05, 3.63) is 12.4 Å². The predicted molar refractivity (Wildman–Crippen MR) is 48.6 cm³/mol. The summed E-state index contributed by atoms with van der Waals surface area (Å²) < 4.78 is 25.3. The molecular weight excluding hydrogens is 204 g/mol. The molecule has 0 aliphatic rings. The van der Waals surface area contributed by atoms with Crippen molar-refractivity contribution in [1.82, 2.24) is 14.9 Å². The first-order valence-electron chi connectivity index (χ1n) is 3.81. The molecule has 2 N–H and O–H groups in total. The summed E-state index contributed by atoms with van der Waals surface area (Å²) in [4.78, 5) is 0.0147. The van der Waals surface area contributed by atoms with E-state index in [4.69, 9.17) is 5.26 Å². The highest BCUT2D eigenvalue weighted by Crippen LogP contribution is 2.09. The third kappa shape index (κ3) is 2.31. The Bertz CT molecular complexity index is 441. The van der Waals surface area contributed by atoms with Crippen molar-refractivity contribution in [2.75, 3.05) is 0 Å². The fraction of sp³-hybridized carbons (Fsp3) is 0.429. The maximum absolute atomic E-state index is 11.5. The molecule has 0 saturated heterocycles. The van der Waals surface area contributed by atoms with Gasteiger partial charge in [0.25, 0.3) is 0 Å². The van der Waals surface area contributed by atoms with Gasteiger partial charge in [-0.25, -0.2) is 8.42 Å². The summed E-state index contributed by atoms with van der Waals surface area (Å²) in [6, 6.07) is 1.84. The molecule has 6 nitrogen and oxygen atoms in total. The normalized spacial score (nSPS) is 12.4. The van der Waals surface area contributed by atoms with E-state index in [9.17, 15) is 8.42 Å². The average molecular weight is 214 g/mol. The summed E-state index contributed by atoms with van der Waals surface area (Å²) in [5.41, 5.74) is -1.13. The van der Waals surface area contributed by atoms with Crippen molar-refractivity contribution in [2.24, 2.45) is 0 Å². The third-order valence-corrected chi connectivity index (χ3v) is 3.08. The Hall–Kier alpha value is -1.39. The average Bonchev–Trinajstić information content (AvgIpc) is 2.54. The van der Waals surface area contributed by atoms with Gasteiger partial charge in [-0.2, -0.15) is 15.1 Å². The Morgan fingerprint density at radius 1 is 1.64 bits per heavy atom. The van der Waals surface area contributed by atoms with Crippen LogP contribution >= 0.6 is 0 Å². The van der Waals surface area contributed by atoms with Crippen molar-refractivity contribution in [2.45, 2.75) is 24.3 Å². The first-order valence-corrected chi connectivity index (χ1v) is 5.30. The molecule has 1 heterocycles. The highest BCUT2D eigenvalue weighted by molar-refractivity contribution is 7.89. The van der Waals surface area contributed by atoms with Crippen molar-refractivity contribution in [3.8, 4) is 6.07 Å². The standard InChI is InChI=1S/C7H10N4O2S/c1-7(2,5-8)11-14(12,13)6-3-9-10-4-6/h3-4,11H,1-2H3,(H,9,10). The quantitative estimate of drug-likeness (QED) is 0.739. The summed E-state index contributed by atoms with van der Waals surface area (Å²) in [6.07, 6.45) is 2.42. The first-order chi connectivity index (χ1) is 6.37. The van der Waals surface area contributed by atoms with Gasteiger partial charge in [0.2, 0.25) is 10.0 Å². The van der Waals surface area contributed by atoms with Gasteiger partial charge in [0, 0.05) is 6.20 Å². The molecule has 76 valence electrons. The molecule has 0 radical (unpaired) electrons. The Labute approximate surface area is 82.0 Å². The number of nitrogens with one attached hydrogen (secondary N) is 2. The van der Waals surface area contributed by atoms with Crippen LogP contribution in [0.25, 0.3) is 0 Å². The molecule has 1 aromatic rings. The Morgan fingerprint density at radius 3 is 2.71 bits per heavy atom. The molecule has 0 saturated carbocycles. The summed E-state index contributed by atoms with van der Waals surface area (Å²) in [5, 5.41) is 14.6. The topological polar surface area (TPSA) is 98.6 Å². The van der Waals surface area contributed by atoms with Crippen molar-refractivity contribution < 1.29 is 8.42 Å². The van der Waals surface area contributed by atoms with Crippen LogP contribution in [0.1, 0.15) is 13.8 Å². The van der Waals surface area contributed by atoms with E-state index < -0.39 is 15.6 Å². The Balaban J connectivity index is 2.97. The number of aromatic nitrogens is 2. The van der Waals surface area contributed by atoms with Crippen LogP contribution in [0, 0.1) is 11.3 Å². The lowest BCUT2D eigenvalue weighted by atomic mass is 10.1. The minimum absolute atomic E-state index is 0.0147. The van der Waals surface area contributed by atoms with Gasteiger partial charge in [0.1, 0.15) is 10.4 Å². The second-order valence-corrected chi connectivity index (χ2v) is 4.96. The molecule has 0 unspecified atom stereocenters. The molecule has 14 heavy (non-hydrogen) atoms. The maximum atomic E-state index is 11.5. The summed E-state index contributed by atoms with van der Waals surface area (Å²) in [7, 11) is -3.65. The smallest absolute Gasteiger partial charge is 0.245 e. The lowest BCUT2D eigenvalue weighted by molar-refractivity contribution is 0.536. The zero-order valence-corrected chi connectivity index (χ0v) is 8.59. The van der Waals surface area contributed by atoms with Crippen LogP contribution in [0.5, 0.6) is 0 Å². The number of sulfonamides is 1. The second-order valence-electron chi connectivity index (χ2n) is 3.28. The minimum Gasteiger partial charge on any atom is -0.284 e. The van der Waals surface area contributed by atoms with Gasteiger partial charge >= 0.3 is 0 Å². The minimum atomic E-state index is -3.65. The van der Waals surface area contributed by atoms with Crippen molar-refractivity contribution >= 4 is 10.0 Å². The number of hydrogen-bond acceptors (Lipinski definition) is 4. The molecule has 0 atom stereocenters. The zero-order valence-electron chi connectivity index (χ0n) is 7.77. The molecule has 7 heteroatoms. The first kappa shape index (κ1) is 10.7. The molecule has 0 bridgehead atoms. The van der Waals surface area contributed by atoms with Crippen molar-refractivity contribution in [1.29, 1.82) is 5.26 Å². The van der Waals surface area contributed by atoms with E-state index in [0.717, 1.165) is 0 Å². The number of rotatable bonds is 3. The number of H-pyrrole nitrogens is 1. The zero-order chi connectivity index (χ0) is 10.8. The van der Waals surface area contributed by atoms with E-state index in [1.54, 1.807) is 0 Å². The molecule has 0 fully saturated rings. The maximum Gasteiger partial charge on any atom is 0.245 e. The molecule has 1 rings (SSSR count). The summed E-state index contributed by atoms with van der Waals surface area (Å²) in [6.45, 7) is 2.95. The SMILES string of the molecule is CC(C)(C#N)NS(=O)(=O)c1cn[nH]c1. The Kier molecular flexibility index (Phi) is 2.59. The highest BCUT2D eigenvalue weighted by Gasteiger charge is 2.26. The van der Waals surface area contributed by atoms with E-state index in [0.29, 0.717) is 0 Å². The number of nitrogens with zero attached hydrogens (tertiary/aromatic N) is 2. The summed E-state index contributed by atoms with van der Waals surface area (Å²) >= 11 is 0. The highest BCUT2D eigenvalue weighted by atomic mass is 32.2. The monoisotopic (exact) mass is 214 g/mol. The van der Waals surface area contributed by atoms with E-state index >= 15 is 0 Å². The van der Waals surface area contributed by atoms with Gasteiger partial charge in [-0.05, 0) is 13.8 Å². The Morgan fingerprint density at radius 2 is 2.29 bits per heavy atom. The van der Waals surface area contributed by atoms with Crippen LogP contribution < -0.4 is 4.72 Å². The molecule has 0 amide bonds. The van der Waals surface area contributed by atoms with Crippen LogP contribution in [-0.2, 0) is 10.0 Å². The number of hydrogen-bond donors (Lipinski definition) is 2. The van der Waals surface area contributed by atoms with Gasteiger partial charge < -0.3 is 0 Å². The van der Waals surface area contributed by atoms with Crippen LogP contribution in [0.4, 0.5) is 0 Å². The van der Waals surface area contributed by atoms with Crippen LogP contribution in [0.3, 0.4) is 0 Å². The molecule has 0 aromatic carbocycles. The molecule has 0 aliphatic carbocycles. The van der Waals surface area contributed by atoms with E-state index in [2.05, 4.69) is 14.9 Å². The molecule has 0 spiro atoms. The second kappa shape index (κ2) is 3.40. The van der Waals surface area contributed by atoms with Gasteiger partial charge in [-0.15, -0.1) is 0 Å². The third-order valence-electron chi connectivity index (χ3n) is 1.45. The number of aromatic amines is 1. The largest absolute Gasteiger partial charge is 0.284 e. The van der Waals surface area contributed by atoms with Crippen LogP contribution in [0.2, 0.25) is 0 Å². The van der Waals surface area contributed by atoms with Crippen LogP contribution in [0.15, 0.2) is 17.3 Å². The van der Waals surface area contributed by atoms with E-state index in [1.807, 2.05) is 6.07 Å². The van der Waals surface area contributed by atoms with Gasteiger partial charge in [-0.3, -0.25) is 5.10 Å². The van der Waals surface area contributed by atoms with Gasteiger partial charge in [-0.1, -0.05) is 0 Å². The van der Waals surface area contributed by atoms with Crippen molar-refractivity contribution in [3.63, 3.8) is 0 Å². The summed E-state index contributed by atoms with van der Waals surface area (Å²) in [5.74, 6) is 0. The van der Waals surface area contributed by atoms with E-state index in [-0.39, 0.29) is 4.90 Å².